The lowest BCUT2D eigenvalue weighted by Crippen LogP contribution is -2.40. The molecule has 5 rings (SSSR count). The summed E-state index contributed by atoms with van der Waals surface area (Å²) in [5, 5.41) is 2.69. The number of halogens is 2. The summed E-state index contributed by atoms with van der Waals surface area (Å²) in [5.74, 6) is -2.29. The number of carbonyl (C=O) groups excluding carboxylic acids is 2. The number of benzene rings is 2. The minimum Gasteiger partial charge on any atom is -0.339 e. The van der Waals surface area contributed by atoms with Crippen LogP contribution in [-0.4, -0.2) is 39.4 Å². The van der Waals surface area contributed by atoms with Gasteiger partial charge >= 0.3 is 0 Å². The van der Waals surface area contributed by atoms with Crippen LogP contribution in [0, 0.1) is 23.0 Å². The van der Waals surface area contributed by atoms with Crippen LogP contribution < -0.4 is 5.32 Å². The highest BCUT2D eigenvalue weighted by Crippen LogP contribution is 2.59. The van der Waals surface area contributed by atoms with Crippen molar-refractivity contribution in [3.63, 3.8) is 0 Å². The summed E-state index contributed by atoms with van der Waals surface area (Å²) in [4.78, 5) is 31.4. The van der Waals surface area contributed by atoms with Gasteiger partial charge in [0.2, 0.25) is 5.91 Å². The van der Waals surface area contributed by atoms with E-state index in [1.54, 1.807) is 12.5 Å². The van der Waals surface area contributed by atoms with E-state index in [4.69, 9.17) is 0 Å². The molecule has 3 aromatic rings. The number of piperidine rings is 1. The molecule has 2 heterocycles. The monoisotopic (exact) mass is 436 g/mol. The number of rotatable bonds is 4. The second-order valence-corrected chi connectivity index (χ2v) is 8.55. The highest BCUT2D eigenvalue weighted by atomic mass is 19.2. The van der Waals surface area contributed by atoms with E-state index in [-0.39, 0.29) is 28.8 Å². The molecular formula is C24H22F2N4O2. The van der Waals surface area contributed by atoms with Gasteiger partial charge in [-0.3, -0.25) is 9.59 Å². The van der Waals surface area contributed by atoms with Crippen LogP contribution in [0.25, 0.3) is 5.69 Å². The average Bonchev–Trinajstić information content (AvgIpc) is 3.23. The average molecular weight is 436 g/mol. The smallest absolute Gasteiger partial charge is 0.253 e. The predicted octanol–water partition coefficient (Wildman–Crippen LogP) is 4.03. The first-order chi connectivity index (χ1) is 15.4. The van der Waals surface area contributed by atoms with Crippen molar-refractivity contribution in [2.45, 2.75) is 19.3 Å². The van der Waals surface area contributed by atoms with Gasteiger partial charge in [-0.15, -0.1) is 0 Å². The molecule has 2 fully saturated rings. The number of amides is 2. The van der Waals surface area contributed by atoms with Gasteiger partial charge < -0.3 is 14.8 Å². The van der Waals surface area contributed by atoms with Crippen LogP contribution in [-0.2, 0) is 4.79 Å². The number of aromatic nitrogens is 2. The van der Waals surface area contributed by atoms with Crippen LogP contribution in [0.4, 0.5) is 14.5 Å². The number of anilines is 1. The molecule has 1 spiro atoms. The van der Waals surface area contributed by atoms with Gasteiger partial charge in [0, 0.05) is 54.4 Å². The largest absolute Gasteiger partial charge is 0.339 e. The molecule has 6 nitrogen and oxygen atoms in total. The van der Waals surface area contributed by atoms with E-state index in [0.717, 1.165) is 37.1 Å². The summed E-state index contributed by atoms with van der Waals surface area (Å²) in [6, 6.07) is 10.8. The molecule has 1 atom stereocenters. The zero-order valence-electron chi connectivity index (χ0n) is 17.3. The third-order valence-corrected chi connectivity index (χ3v) is 6.66. The predicted molar refractivity (Wildman–Crippen MR) is 114 cm³/mol. The fourth-order valence-electron chi connectivity index (χ4n) is 4.60. The van der Waals surface area contributed by atoms with Gasteiger partial charge in [-0.1, -0.05) is 0 Å². The maximum atomic E-state index is 13.4. The van der Waals surface area contributed by atoms with E-state index in [2.05, 4.69) is 10.3 Å². The topological polar surface area (TPSA) is 67.2 Å². The summed E-state index contributed by atoms with van der Waals surface area (Å²) in [6.07, 6.45) is 7.50. The van der Waals surface area contributed by atoms with E-state index in [0.29, 0.717) is 18.7 Å². The van der Waals surface area contributed by atoms with Gasteiger partial charge in [0.15, 0.2) is 11.6 Å². The number of carbonyl (C=O) groups is 2. The maximum absolute atomic E-state index is 13.4. The lowest BCUT2D eigenvalue weighted by Gasteiger charge is -2.33. The Kier molecular flexibility index (Phi) is 5.00. The Morgan fingerprint density at radius 3 is 2.44 bits per heavy atom. The standard InChI is InChI=1S/C24H22F2N4O2/c25-20-6-3-17(13-21(20)26)28-22(31)19-14-24(19)7-10-29(11-8-24)23(32)16-1-4-18(5-2-16)30-12-9-27-15-30/h1-6,9,12-13,15,19H,7-8,10-11,14H2,(H,28,31). The van der Waals surface area contributed by atoms with Crippen molar-refractivity contribution in [3.05, 3.63) is 78.4 Å². The van der Waals surface area contributed by atoms with Gasteiger partial charge in [0.1, 0.15) is 0 Å². The minimum absolute atomic E-state index is 0.0135. The molecule has 1 aliphatic carbocycles. The molecule has 1 aromatic heterocycles. The molecule has 1 saturated carbocycles. The first-order valence-corrected chi connectivity index (χ1v) is 10.6. The third-order valence-electron chi connectivity index (χ3n) is 6.66. The summed E-state index contributed by atoms with van der Waals surface area (Å²) in [6.45, 7) is 1.19. The minimum atomic E-state index is -0.988. The molecule has 1 N–H and O–H groups in total. The number of nitrogens with one attached hydrogen (secondary N) is 1. The molecule has 8 heteroatoms. The quantitative estimate of drug-likeness (QED) is 0.672. The summed E-state index contributed by atoms with van der Waals surface area (Å²) >= 11 is 0. The molecule has 1 saturated heterocycles. The first kappa shape index (κ1) is 20.4. The van der Waals surface area contributed by atoms with E-state index in [1.165, 1.54) is 6.07 Å². The molecule has 0 radical (unpaired) electrons. The van der Waals surface area contributed by atoms with Crippen LogP contribution in [0.2, 0.25) is 0 Å². The van der Waals surface area contributed by atoms with Crippen LogP contribution in [0.3, 0.4) is 0 Å². The van der Waals surface area contributed by atoms with Crippen LogP contribution in [0.15, 0.2) is 61.2 Å². The lowest BCUT2D eigenvalue weighted by molar-refractivity contribution is -0.118. The molecule has 2 aromatic carbocycles. The number of likely N-dealkylation sites (tertiary alicyclic amines) is 1. The summed E-state index contributed by atoms with van der Waals surface area (Å²) in [5.41, 5.74) is 1.71. The van der Waals surface area contributed by atoms with Crippen molar-refractivity contribution in [2.75, 3.05) is 18.4 Å². The summed E-state index contributed by atoms with van der Waals surface area (Å²) in [7, 11) is 0. The van der Waals surface area contributed by atoms with Gasteiger partial charge in [-0.2, -0.15) is 0 Å². The first-order valence-electron chi connectivity index (χ1n) is 10.6. The SMILES string of the molecule is O=C(Nc1ccc(F)c(F)c1)C1CC12CCN(C(=O)c1ccc(-n3ccnc3)cc1)CC2. The van der Waals surface area contributed by atoms with Crippen LogP contribution in [0.5, 0.6) is 0 Å². The molecule has 2 aliphatic rings. The second-order valence-electron chi connectivity index (χ2n) is 8.55. The van der Waals surface area contributed by atoms with E-state index >= 15 is 0 Å². The van der Waals surface area contributed by atoms with Crippen molar-refractivity contribution >= 4 is 17.5 Å². The second kappa shape index (κ2) is 7.85. The van der Waals surface area contributed by atoms with Gasteiger partial charge in [-0.05, 0) is 61.1 Å². The molecule has 0 bridgehead atoms. The lowest BCUT2D eigenvalue weighted by atomic mass is 9.90. The number of nitrogens with zero attached hydrogens (tertiary/aromatic N) is 3. The molecule has 164 valence electrons. The van der Waals surface area contributed by atoms with Crippen LogP contribution in [0.1, 0.15) is 29.6 Å². The summed E-state index contributed by atoms with van der Waals surface area (Å²) < 4.78 is 28.3. The Bertz CT molecular complexity index is 1150. The molecule has 32 heavy (non-hydrogen) atoms. The van der Waals surface area contributed by atoms with Crippen LogP contribution >= 0.6 is 0 Å². The van der Waals surface area contributed by atoms with Gasteiger partial charge in [0.05, 0.1) is 6.33 Å². The van der Waals surface area contributed by atoms with E-state index in [9.17, 15) is 18.4 Å². The van der Waals surface area contributed by atoms with Crippen molar-refractivity contribution in [1.82, 2.24) is 14.5 Å². The Hall–Kier alpha value is -3.55. The van der Waals surface area contributed by atoms with Crippen molar-refractivity contribution in [3.8, 4) is 5.69 Å². The Morgan fingerprint density at radius 2 is 1.78 bits per heavy atom. The highest BCUT2D eigenvalue weighted by Gasteiger charge is 2.58. The Balaban J connectivity index is 1.17. The van der Waals surface area contributed by atoms with Gasteiger partial charge in [-0.25, -0.2) is 13.8 Å². The van der Waals surface area contributed by atoms with Gasteiger partial charge in [0.25, 0.3) is 5.91 Å². The third kappa shape index (κ3) is 3.77. The van der Waals surface area contributed by atoms with E-state index < -0.39 is 11.6 Å². The number of hydrogen-bond donors (Lipinski definition) is 1. The molecular weight excluding hydrogens is 414 g/mol. The maximum Gasteiger partial charge on any atom is 0.253 e. The van der Waals surface area contributed by atoms with Crippen molar-refractivity contribution in [2.24, 2.45) is 11.3 Å². The molecule has 1 unspecified atom stereocenters. The molecule has 1 aliphatic heterocycles. The zero-order valence-corrected chi connectivity index (χ0v) is 17.3. The normalized spacial score (nSPS) is 19.1. The number of imidazole rings is 1. The Labute approximate surface area is 183 Å². The van der Waals surface area contributed by atoms with E-state index in [1.807, 2.05) is 39.9 Å². The fraction of sp³-hybridized carbons (Fsp3) is 0.292. The van der Waals surface area contributed by atoms with Crippen molar-refractivity contribution < 1.29 is 18.4 Å². The van der Waals surface area contributed by atoms with Crippen molar-refractivity contribution in [1.29, 1.82) is 0 Å². The Morgan fingerprint density at radius 1 is 1.03 bits per heavy atom. The fourth-order valence-corrected chi connectivity index (χ4v) is 4.60. The zero-order chi connectivity index (χ0) is 22.3. The highest BCUT2D eigenvalue weighted by molar-refractivity contribution is 5.96. The number of hydrogen-bond acceptors (Lipinski definition) is 3. The molecule has 2 amide bonds.